The van der Waals surface area contributed by atoms with Crippen molar-refractivity contribution in [2.24, 2.45) is 17.3 Å². The largest absolute Gasteiger partial charge is 0.508 e. The van der Waals surface area contributed by atoms with Crippen LogP contribution in [0.2, 0.25) is 0 Å². The van der Waals surface area contributed by atoms with Gasteiger partial charge in [-0.3, -0.25) is 9.63 Å². The number of carbonyl (C=O) groups excluding carboxylic acids is 2. The number of ether oxygens (including phenoxy) is 1. The topological polar surface area (TPSA) is 96.3 Å². The number of hydroxylamine groups is 1. The molecule has 35 heavy (non-hydrogen) atoms. The van der Waals surface area contributed by atoms with Gasteiger partial charge in [0.2, 0.25) is 5.60 Å². The van der Waals surface area contributed by atoms with Crippen LogP contribution in [0.15, 0.2) is 66.7 Å². The lowest BCUT2D eigenvalue weighted by Gasteiger charge is -2.43. The summed E-state index contributed by atoms with van der Waals surface area (Å²) in [4.78, 5) is 33.5. The summed E-state index contributed by atoms with van der Waals surface area (Å²) >= 11 is 0. The van der Waals surface area contributed by atoms with E-state index in [1.807, 2.05) is 49.4 Å². The van der Waals surface area contributed by atoms with E-state index in [2.05, 4.69) is 0 Å². The highest BCUT2D eigenvalue weighted by Crippen LogP contribution is 2.61. The number of hydrogen-bond donors (Lipinski definition) is 2. The van der Waals surface area contributed by atoms with Crippen molar-refractivity contribution in [1.82, 2.24) is 0 Å². The molecule has 2 aliphatic heterocycles. The fraction of sp³-hybridized carbons (Fsp3) is 0.429. The Hall–Kier alpha value is -3.16. The van der Waals surface area contributed by atoms with E-state index < -0.39 is 34.6 Å². The summed E-state index contributed by atoms with van der Waals surface area (Å²) in [6.45, 7) is 3.67. The molecular weight excluding hydrogens is 446 g/mol. The van der Waals surface area contributed by atoms with Gasteiger partial charge in [0.1, 0.15) is 17.5 Å². The molecule has 3 fully saturated rings. The number of esters is 1. The van der Waals surface area contributed by atoms with E-state index in [0.717, 1.165) is 11.3 Å². The zero-order chi connectivity index (χ0) is 24.6. The molecule has 7 heteroatoms. The van der Waals surface area contributed by atoms with Crippen molar-refractivity contribution in [2.45, 2.75) is 56.5 Å². The van der Waals surface area contributed by atoms with Crippen LogP contribution in [-0.2, 0) is 19.2 Å². The monoisotopic (exact) mass is 475 g/mol. The lowest BCUT2D eigenvalue weighted by Crippen LogP contribution is -2.57. The number of benzene rings is 2. The van der Waals surface area contributed by atoms with Crippen LogP contribution >= 0.6 is 0 Å². The first kappa shape index (κ1) is 22.3. The minimum Gasteiger partial charge on any atom is -0.508 e. The van der Waals surface area contributed by atoms with Crippen LogP contribution in [0.25, 0.3) is 0 Å². The number of allylic oxidation sites excluding steroid dienone is 1. The molecule has 2 unspecified atom stereocenters. The SMILES string of the molecule is C[C@H]1CC[C@@H]2[C@@H](OC(=O)C23CC(c2ccc(O)cc2)N(c2ccccc2)O3)[C@]2(C)C(=O)C=C[C@@]12O. The number of phenols is 1. The Kier molecular flexibility index (Phi) is 4.73. The third-order valence-corrected chi connectivity index (χ3v) is 8.94. The van der Waals surface area contributed by atoms with Crippen molar-refractivity contribution in [3.63, 3.8) is 0 Å². The summed E-state index contributed by atoms with van der Waals surface area (Å²) < 4.78 is 6.02. The predicted molar refractivity (Wildman–Crippen MR) is 127 cm³/mol. The molecule has 4 aliphatic rings. The maximum absolute atomic E-state index is 13.7. The molecule has 0 radical (unpaired) electrons. The number of phenolic OH excluding ortho intramolecular Hbond substituents is 1. The van der Waals surface area contributed by atoms with E-state index in [4.69, 9.17) is 9.57 Å². The quantitative estimate of drug-likeness (QED) is 0.637. The summed E-state index contributed by atoms with van der Waals surface area (Å²) in [5.41, 5.74) is -2.27. The van der Waals surface area contributed by atoms with E-state index in [0.29, 0.717) is 19.3 Å². The second-order valence-corrected chi connectivity index (χ2v) is 10.6. The molecule has 2 aliphatic carbocycles. The number of para-hydroxylation sites is 1. The molecule has 0 bridgehead atoms. The number of carbonyl (C=O) groups is 2. The summed E-state index contributed by atoms with van der Waals surface area (Å²) in [6, 6.07) is 16.2. The average molecular weight is 476 g/mol. The Bertz CT molecular complexity index is 1210. The predicted octanol–water partition coefficient (Wildman–Crippen LogP) is 3.86. The molecule has 2 saturated heterocycles. The second-order valence-electron chi connectivity index (χ2n) is 10.6. The molecule has 1 spiro atoms. The van der Waals surface area contributed by atoms with Gasteiger partial charge in [0.05, 0.1) is 17.1 Å². The lowest BCUT2D eigenvalue weighted by molar-refractivity contribution is -0.169. The first-order valence-electron chi connectivity index (χ1n) is 12.2. The standard InChI is InChI=1S/C28H29NO6/c1-17-8-13-21-24(26(2)23(31)14-15-28(17,26)33)34-25(32)27(21)16-22(18-9-11-20(30)12-10-18)29(35-27)19-6-4-3-5-7-19/h3-7,9-12,14-15,17,21-22,24,30,33H,8,13,16H2,1-2H3/t17-,21+,22?,24+,26-,27?,28+/m0/s1. The molecule has 7 atom stereocenters. The zero-order valence-electron chi connectivity index (χ0n) is 19.8. The second kappa shape index (κ2) is 7.42. The fourth-order valence-electron chi connectivity index (χ4n) is 6.78. The molecule has 182 valence electrons. The fourth-order valence-corrected chi connectivity index (χ4v) is 6.78. The Morgan fingerprint density at radius 1 is 1.03 bits per heavy atom. The van der Waals surface area contributed by atoms with Gasteiger partial charge in [-0.15, -0.1) is 0 Å². The number of ketones is 1. The Balaban J connectivity index is 1.46. The first-order chi connectivity index (χ1) is 16.7. The third kappa shape index (κ3) is 2.85. The summed E-state index contributed by atoms with van der Waals surface area (Å²) in [5.74, 6) is -1.15. The van der Waals surface area contributed by atoms with Crippen LogP contribution in [0.3, 0.4) is 0 Å². The Morgan fingerprint density at radius 2 is 1.74 bits per heavy atom. The van der Waals surface area contributed by atoms with Gasteiger partial charge in [0.15, 0.2) is 5.78 Å². The van der Waals surface area contributed by atoms with Crippen LogP contribution in [0, 0.1) is 17.3 Å². The van der Waals surface area contributed by atoms with Crippen molar-refractivity contribution >= 4 is 17.4 Å². The van der Waals surface area contributed by atoms with Gasteiger partial charge >= 0.3 is 5.97 Å². The highest BCUT2D eigenvalue weighted by molar-refractivity contribution is 6.00. The summed E-state index contributed by atoms with van der Waals surface area (Å²) in [6.07, 6.45) is 3.76. The van der Waals surface area contributed by atoms with Gasteiger partial charge in [-0.1, -0.05) is 37.3 Å². The van der Waals surface area contributed by atoms with Crippen molar-refractivity contribution in [3.8, 4) is 5.75 Å². The number of aromatic hydroxyl groups is 1. The normalized spacial score (nSPS) is 40.0. The average Bonchev–Trinajstić information content (AvgIpc) is 3.45. The summed E-state index contributed by atoms with van der Waals surface area (Å²) in [5, 5.41) is 23.2. The molecule has 1 saturated carbocycles. The molecule has 2 aromatic rings. The van der Waals surface area contributed by atoms with Crippen LogP contribution in [-0.4, -0.2) is 39.3 Å². The lowest BCUT2D eigenvalue weighted by atomic mass is 9.63. The molecule has 2 aromatic carbocycles. The third-order valence-electron chi connectivity index (χ3n) is 8.94. The van der Waals surface area contributed by atoms with Crippen molar-refractivity contribution < 1.29 is 29.4 Å². The first-order valence-corrected chi connectivity index (χ1v) is 12.2. The highest BCUT2D eigenvalue weighted by Gasteiger charge is 2.74. The van der Waals surface area contributed by atoms with Crippen molar-refractivity contribution in [2.75, 3.05) is 5.06 Å². The minimum atomic E-state index is -1.39. The number of hydrogen-bond acceptors (Lipinski definition) is 7. The molecule has 2 N–H and O–H groups in total. The minimum absolute atomic E-state index is 0.159. The van der Waals surface area contributed by atoms with Crippen LogP contribution < -0.4 is 5.06 Å². The highest BCUT2D eigenvalue weighted by atomic mass is 16.7. The van der Waals surface area contributed by atoms with E-state index in [9.17, 15) is 19.8 Å². The molecule has 6 rings (SSSR count). The van der Waals surface area contributed by atoms with Gasteiger partial charge < -0.3 is 14.9 Å². The number of anilines is 1. The van der Waals surface area contributed by atoms with Gasteiger partial charge in [-0.05, 0) is 67.7 Å². The Morgan fingerprint density at radius 3 is 2.46 bits per heavy atom. The van der Waals surface area contributed by atoms with Crippen LogP contribution in [0.1, 0.15) is 44.7 Å². The number of nitrogens with zero attached hydrogens (tertiary/aromatic N) is 1. The van der Waals surface area contributed by atoms with Crippen molar-refractivity contribution in [3.05, 3.63) is 72.3 Å². The van der Waals surface area contributed by atoms with Gasteiger partial charge in [-0.2, -0.15) is 0 Å². The maximum Gasteiger partial charge on any atom is 0.342 e. The number of aliphatic hydroxyl groups is 1. The van der Waals surface area contributed by atoms with Crippen LogP contribution in [0.4, 0.5) is 5.69 Å². The van der Waals surface area contributed by atoms with E-state index in [1.165, 1.54) is 6.08 Å². The molecular formula is C28H29NO6. The molecule has 7 nitrogen and oxygen atoms in total. The van der Waals surface area contributed by atoms with Crippen LogP contribution in [0.5, 0.6) is 5.75 Å². The van der Waals surface area contributed by atoms with E-state index in [-0.39, 0.29) is 23.5 Å². The van der Waals surface area contributed by atoms with E-state index >= 15 is 0 Å². The Labute approximate surface area is 203 Å². The number of fused-ring (bicyclic) bond motifs is 4. The zero-order valence-corrected chi connectivity index (χ0v) is 19.8. The number of rotatable bonds is 2. The van der Waals surface area contributed by atoms with E-state index in [1.54, 1.807) is 30.2 Å². The van der Waals surface area contributed by atoms with Gasteiger partial charge in [0.25, 0.3) is 0 Å². The maximum atomic E-state index is 13.7. The molecule has 2 heterocycles. The van der Waals surface area contributed by atoms with Crippen molar-refractivity contribution in [1.29, 1.82) is 0 Å². The smallest absolute Gasteiger partial charge is 0.342 e. The van der Waals surface area contributed by atoms with Gasteiger partial charge in [0, 0.05) is 12.3 Å². The summed E-state index contributed by atoms with van der Waals surface area (Å²) in [7, 11) is 0. The molecule has 0 aromatic heterocycles. The molecule has 0 amide bonds. The van der Waals surface area contributed by atoms with Gasteiger partial charge in [-0.25, -0.2) is 9.86 Å².